The van der Waals surface area contributed by atoms with Gasteiger partial charge in [-0.1, -0.05) is 12.1 Å². The summed E-state index contributed by atoms with van der Waals surface area (Å²) in [6.45, 7) is 6.66. The zero-order valence-electron chi connectivity index (χ0n) is 17.4. The number of carbonyl (C=O) groups is 1. The van der Waals surface area contributed by atoms with E-state index < -0.39 is 15.8 Å². The first-order valence-corrected chi connectivity index (χ1v) is 11.7. The minimum absolute atomic E-state index is 0.0337. The van der Waals surface area contributed by atoms with Crippen LogP contribution in [0.5, 0.6) is 0 Å². The predicted molar refractivity (Wildman–Crippen MR) is 114 cm³/mol. The van der Waals surface area contributed by atoms with Crippen molar-refractivity contribution in [1.29, 1.82) is 0 Å². The Hall–Kier alpha value is -2.26. The molecule has 7 nitrogen and oxygen atoms in total. The number of piperidine rings is 1. The molecule has 1 aromatic carbocycles. The average Bonchev–Trinajstić information content (AvgIpc) is 2.97. The Kier molecular flexibility index (Phi) is 7.25. The van der Waals surface area contributed by atoms with Gasteiger partial charge in [0.25, 0.3) is 10.0 Å². The van der Waals surface area contributed by atoms with Crippen LogP contribution in [0.1, 0.15) is 38.7 Å². The van der Waals surface area contributed by atoms with Gasteiger partial charge < -0.3 is 15.0 Å². The van der Waals surface area contributed by atoms with Gasteiger partial charge in [0.15, 0.2) is 0 Å². The second-order valence-electron chi connectivity index (χ2n) is 7.45. The van der Waals surface area contributed by atoms with E-state index >= 15 is 0 Å². The Balaban J connectivity index is 1.61. The number of ether oxygens (including phenoxy) is 1. The zero-order valence-corrected chi connectivity index (χ0v) is 18.2. The minimum atomic E-state index is -3.84. The minimum Gasteiger partial charge on any atom is -0.382 e. The normalized spacial score (nSPS) is 19.2. The third-order valence-corrected chi connectivity index (χ3v) is 6.85. The van der Waals surface area contributed by atoms with Crippen LogP contribution in [0.15, 0.2) is 34.2 Å². The van der Waals surface area contributed by atoms with Gasteiger partial charge in [0.1, 0.15) is 16.6 Å². The maximum absolute atomic E-state index is 13.2. The van der Waals surface area contributed by atoms with Crippen LogP contribution in [-0.2, 0) is 19.6 Å². The van der Waals surface area contributed by atoms with E-state index in [9.17, 15) is 17.6 Å². The van der Waals surface area contributed by atoms with Crippen LogP contribution in [0, 0.1) is 11.7 Å². The standard InChI is InChI=1S/C21H28FN3O4S/c1-3-29-14-4-11-23-21(26)17-9-12-25(13-10-17)20-15(2)19(30(27,28)24-20)16-5-7-18(22)8-6-16/h5-8,17H,3-4,9-14H2,1-2H3,(H,23,26). The highest BCUT2D eigenvalue weighted by Gasteiger charge is 2.35. The number of carbonyl (C=O) groups excluding carboxylic acids is 1. The number of sulfonamides is 1. The van der Waals surface area contributed by atoms with Crippen molar-refractivity contribution in [2.45, 2.75) is 33.1 Å². The maximum atomic E-state index is 13.2. The Bertz CT molecular complexity index is 934. The Labute approximate surface area is 177 Å². The molecule has 0 radical (unpaired) electrons. The molecule has 1 saturated heterocycles. The van der Waals surface area contributed by atoms with Crippen LogP contribution in [-0.4, -0.2) is 57.9 Å². The molecule has 0 spiro atoms. The van der Waals surface area contributed by atoms with E-state index in [1.807, 2.05) is 11.8 Å². The number of likely N-dealkylation sites (tertiary alicyclic amines) is 1. The number of rotatable bonds is 7. The van der Waals surface area contributed by atoms with Crippen molar-refractivity contribution in [2.75, 3.05) is 32.8 Å². The fourth-order valence-electron chi connectivity index (χ4n) is 3.81. The molecule has 0 unspecified atom stereocenters. The smallest absolute Gasteiger partial charge is 0.285 e. The first-order chi connectivity index (χ1) is 14.3. The number of nitrogens with zero attached hydrogens (tertiary/aromatic N) is 2. The first kappa shape index (κ1) is 22.4. The topological polar surface area (TPSA) is 88.1 Å². The predicted octanol–water partition coefficient (Wildman–Crippen LogP) is 2.55. The molecule has 30 heavy (non-hydrogen) atoms. The second kappa shape index (κ2) is 9.70. The van der Waals surface area contributed by atoms with Gasteiger partial charge in [-0.15, -0.1) is 4.40 Å². The number of halogens is 1. The number of hydrogen-bond acceptors (Lipinski definition) is 5. The van der Waals surface area contributed by atoms with Crippen molar-refractivity contribution in [1.82, 2.24) is 10.2 Å². The van der Waals surface area contributed by atoms with Gasteiger partial charge in [0, 0.05) is 44.3 Å². The summed E-state index contributed by atoms with van der Waals surface area (Å²) in [4.78, 5) is 14.4. The quantitative estimate of drug-likeness (QED) is 0.663. The maximum Gasteiger partial charge on any atom is 0.285 e. The molecule has 2 aliphatic heterocycles. The Morgan fingerprint density at radius 1 is 1.27 bits per heavy atom. The zero-order chi connectivity index (χ0) is 21.7. The lowest BCUT2D eigenvalue weighted by atomic mass is 9.95. The lowest BCUT2D eigenvalue weighted by Gasteiger charge is -2.32. The van der Waals surface area contributed by atoms with Crippen LogP contribution in [0.4, 0.5) is 4.39 Å². The van der Waals surface area contributed by atoms with Crippen molar-refractivity contribution in [3.63, 3.8) is 0 Å². The van der Waals surface area contributed by atoms with Gasteiger partial charge in [0.05, 0.1) is 0 Å². The number of amidine groups is 1. The van der Waals surface area contributed by atoms with Gasteiger partial charge in [-0.25, -0.2) is 4.39 Å². The van der Waals surface area contributed by atoms with Gasteiger partial charge in [0.2, 0.25) is 5.91 Å². The van der Waals surface area contributed by atoms with Crippen molar-refractivity contribution < 1.29 is 22.3 Å². The van der Waals surface area contributed by atoms with Gasteiger partial charge >= 0.3 is 0 Å². The number of hydrogen-bond donors (Lipinski definition) is 1. The SMILES string of the molecule is CCOCCCNC(=O)C1CCN(C2=NS(=O)(=O)C(c3ccc(F)cc3)=C2C)CC1. The van der Waals surface area contributed by atoms with Crippen molar-refractivity contribution in [3.8, 4) is 0 Å². The third-order valence-electron chi connectivity index (χ3n) is 5.38. The molecule has 3 rings (SSSR count). The number of nitrogens with one attached hydrogen (secondary N) is 1. The molecule has 0 saturated carbocycles. The van der Waals surface area contributed by atoms with Gasteiger partial charge in [-0.2, -0.15) is 8.42 Å². The molecule has 0 aliphatic carbocycles. The highest BCUT2D eigenvalue weighted by molar-refractivity contribution is 8.00. The molecule has 2 aliphatic rings. The van der Waals surface area contributed by atoms with Crippen molar-refractivity contribution in [3.05, 3.63) is 41.2 Å². The summed E-state index contributed by atoms with van der Waals surface area (Å²) in [6.07, 6.45) is 2.05. The molecular formula is C21H28FN3O4S. The lowest BCUT2D eigenvalue weighted by Crippen LogP contribution is -2.43. The second-order valence-corrected chi connectivity index (χ2v) is 8.99. The molecule has 0 bridgehead atoms. The van der Waals surface area contributed by atoms with Gasteiger partial charge in [-0.05, 0) is 50.8 Å². The highest BCUT2D eigenvalue weighted by atomic mass is 32.2. The fourth-order valence-corrected chi connectivity index (χ4v) is 5.30. The van der Waals surface area contributed by atoms with Crippen LogP contribution >= 0.6 is 0 Å². The molecule has 0 aromatic heterocycles. The summed E-state index contributed by atoms with van der Waals surface area (Å²) in [6, 6.07) is 5.38. The van der Waals surface area contributed by atoms with Crippen LogP contribution in [0.25, 0.3) is 4.91 Å². The van der Waals surface area contributed by atoms with E-state index in [2.05, 4.69) is 9.71 Å². The van der Waals surface area contributed by atoms with Gasteiger partial charge in [-0.3, -0.25) is 4.79 Å². The number of benzene rings is 1. The molecular weight excluding hydrogens is 409 g/mol. The summed E-state index contributed by atoms with van der Waals surface area (Å²) in [7, 11) is -3.84. The summed E-state index contributed by atoms with van der Waals surface area (Å²) >= 11 is 0. The summed E-state index contributed by atoms with van der Waals surface area (Å²) in [5.41, 5.74) is 0.981. The summed E-state index contributed by atoms with van der Waals surface area (Å²) in [5.74, 6) is -0.0594. The van der Waals surface area contributed by atoms with E-state index in [0.717, 1.165) is 6.42 Å². The molecule has 1 N–H and O–H groups in total. The molecule has 164 valence electrons. The lowest BCUT2D eigenvalue weighted by molar-refractivity contribution is -0.126. The molecule has 0 atom stereocenters. The average molecular weight is 438 g/mol. The van der Waals surface area contributed by atoms with Crippen LogP contribution < -0.4 is 5.32 Å². The summed E-state index contributed by atoms with van der Waals surface area (Å²) in [5, 5.41) is 2.95. The van der Waals surface area contributed by atoms with E-state index in [4.69, 9.17) is 4.74 Å². The molecule has 2 heterocycles. The number of amides is 1. The molecule has 1 amide bonds. The first-order valence-electron chi connectivity index (χ1n) is 10.3. The van der Waals surface area contributed by atoms with E-state index in [1.165, 1.54) is 24.3 Å². The van der Waals surface area contributed by atoms with Crippen LogP contribution in [0.2, 0.25) is 0 Å². The molecule has 1 fully saturated rings. The highest BCUT2D eigenvalue weighted by Crippen LogP contribution is 2.34. The molecule has 9 heteroatoms. The van der Waals surface area contributed by atoms with E-state index in [-0.39, 0.29) is 16.7 Å². The van der Waals surface area contributed by atoms with E-state index in [0.29, 0.717) is 62.7 Å². The largest absolute Gasteiger partial charge is 0.382 e. The van der Waals surface area contributed by atoms with Crippen molar-refractivity contribution >= 4 is 26.7 Å². The Morgan fingerprint density at radius 2 is 1.93 bits per heavy atom. The van der Waals surface area contributed by atoms with E-state index in [1.54, 1.807) is 6.92 Å². The van der Waals surface area contributed by atoms with Crippen molar-refractivity contribution in [2.24, 2.45) is 10.3 Å². The van der Waals surface area contributed by atoms with Crippen LogP contribution in [0.3, 0.4) is 0 Å². The molecule has 1 aromatic rings. The monoisotopic (exact) mass is 437 g/mol. The summed E-state index contributed by atoms with van der Waals surface area (Å²) < 4.78 is 47.7. The third kappa shape index (κ3) is 5.07. The fraction of sp³-hybridized carbons (Fsp3) is 0.524. The Morgan fingerprint density at radius 3 is 2.57 bits per heavy atom.